The summed E-state index contributed by atoms with van der Waals surface area (Å²) in [6.45, 7) is 4.45. The number of likely N-dealkylation sites (tertiary alicyclic amines) is 1. The summed E-state index contributed by atoms with van der Waals surface area (Å²) in [7, 11) is 0. The normalized spacial score (nSPS) is 24.0. The van der Waals surface area contributed by atoms with Crippen molar-refractivity contribution in [2.75, 3.05) is 47.6 Å². The van der Waals surface area contributed by atoms with Gasteiger partial charge in [-0.05, 0) is 74.7 Å². The van der Waals surface area contributed by atoms with Gasteiger partial charge in [-0.25, -0.2) is 0 Å². The summed E-state index contributed by atoms with van der Waals surface area (Å²) in [5, 5.41) is 25.6. The molecule has 1 spiro atoms. The number of para-hydroxylation sites is 1. The summed E-state index contributed by atoms with van der Waals surface area (Å²) < 4.78 is 0. The number of benzene rings is 3. The fourth-order valence-electron chi connectivity index (χ4n) is 8.18. The highest BCUT2D eigenvalue weighted by Crippen LogP contribution is 2.48. The van der Waals surface area contributed by atoms with Gasteiger partial charge in [0.2, 0.25) is 5.91 Å². The van der Waals surface area contributed by atoms with Crippen molar-refractivity contribution < 1.29 is 24.6 Å². The summed E-state index contributed by atoms with van der Waals surface area (Å²) in [4.78, 5) is 49.1. The lowest BCUT2D eigenvalue weighted by Crippen LogP contribution is -2.55. The van der Waals surface area contributed by atoms with Crippen LogP contribution in [0.3, 0.4) is 0 Å². The number of piperidine rings is 1. The summed E-state index contributed by atoms with van der Waals surface area (Å²) in [5.74, 6) is -1.19. The summed E-state index contributed by atoms with van der Waals surface area (Å²) in [6.07, 6.45) is 6.57. The molecule has 3 saturated heterocycles. The standard InChI is InChI=1S/C39H45N5O5/c1-28(10-8-16-35(46)41-23-9-15-32(41)26-45)39(49)33-24-31(17-18-34(33)42(37(39)48)25-29-11-4-2-5-12-29)43-27-44(30-13-6-3-7-14-30)38(36(43)47)19-21-40-22-20-38/h2-8,10-14,17-18,24,28,32,40,45,49H,9,15-16,19-23,25-27H2,1H3/b10-8+/t28-,32+,39+/m1/s1. The molecule has 4 aliphatic rings. The monoisotopic (exact) mass is 663 g/mol. The van der Waals surface area contributed by atoms with Crippen LogP contribution < -0.4 is 20.0 Å². The van der Waals surface area contributed by atoms with E-state index in [1.807, 2.05) is 78.9 Å². The average Bonchev–Trinajstić information content (AvgIpc) is 3.79. The van der Waals surface area contributed by atoms with Crippen LogP contribution in [0, 0.1) is 5.92 Å². The molecule has 3 amide bonds. The van der Waals surface area contributed by atoms with Crippen LogP contribution in [0.2, 0.25) is 0 Å². The molecular formula is C39H45N5O5. The van der Waals surface area contributed by atoms with Crippen molar-refractivity contribution in [1.82, 2.24) is 10.2 Å². The molecule has 0 saturated carbocycles. The number of carbonyl (C=O) groups is 3. The summed E-state index contributed by atoms with van der Waals surface area (Å²) in [5.41, 5.74) is 0.966. The van der Waals surface area contributed by atoms with Gasteiger partial charge in [-0.1, -0.05) is 67.6 Å². The van der Waals surface area contributed by atoms with E-state index >= 15 is 0 Å². The second kappa shape index (κ2) is 13.4. The molecule has 7 rings (SSSR count). The number of rotatable bonds is 9. The second-order valence-corrected chi connectivity index (χ2v) is 13.8. The van der Waals surface area contributed by atoms with Crippen molar-refractivity contribution >= 4 is 34.8 Å². The molecule has 3 aromatic rings. The smallest absolute Gasteiger partial charge is 0.264 e. The van der Waals surface area contributed by atoms with Crippen molar-refractivity contribution in [3.63, 3.8) is 0 Å². The predicted molar refractivity (Wildman–Crippen MR) is 189 cm³/mol. The minimum absolute atomic E-state index is 0.0151. The van der Waals surface area contributed by atoms with E-state index in [0.29, 0.717) is 43.0 Å². The van der Waals surface area contributed by atoms with E-state index in [1.165, 1.54) is 0 Å². The van der Waals surface area contributed by atoms with Crippen LogP contribution in [0.15, 0.2) is 91.0 Å². The first-order valence-corrected chi connectivity index (χ1v) is 17.4. The Hall–Kier alpha value is -4.51. The number of aliphatic hydroxyl groups excluding tert-OH is 1. The number of fused-ring (bicyclic) bond motifs is 1. The zero-order valence-electron chi connectivity index (χ0n) is 28.0. The molecular weight excluding hydrogens is 618 g/mol. The maximum Gasteiger partial charge on any atom is 0.264 e. The van der Waals surface area contributed by atoms with Gasteiger partial charge in [-0.3, -0.25) is 19.3 Å². The first-order valence-electron chi connectivity index (χ1n) is 17.4. The van der Waals surface area contributed by atoms with Gasteiger partial charge >= 0.3 is 0 Å². The number of carbonyl (C=O) groups excluding carboxylic acids is 3. The molecule has 256 valence electrons. The molecule has 10 heteroatoms. The molecule has 3 fully saturated rings. The van der Waals surface area contributed by atoms with Crippen molar-refractivity contribution in [3.05, 3.63) is 102 Å². The van der Waals surface area contributed by atoms with Crippen LogP contribution >= 0.6 is 0 Å². The van der Waals surface area contributed by atoms with Crippen LogP contribution in [-0.2, 0) is 26.5 Å². The number of hydrogen-bond donors (Lipinski definition) is 3. The van der Waals surface area contributed by atoms with Crippen molar-refractivity contribution in [2.24, 2.45) is 5.92 Å². The molecule has 4 heterocycles. The van der Waals surface area contributed by atoms with Gasteiger partial charge in [-0.2, -0.15) is 0 Å². The Morgan fingerprint density at radius 2 is 1.69 bits per heavy atom. The molecule has 0 bridgehead atoms. The minimum atomic E-state index is -1.92. The molecule has 0 unspecified atom stereocenters. The van der Waals surface area contributed by atoms with Crippen molar-refractivity contribution in [3.8, 4) is 0 Å². The molecule has 3 atom stereocenters. The van der Waals surface area contributed by atoms with E-state index in [1.54, 1.807) is 33.8 Å². The highest BCUT2D eigenvalue weighted by molar-refractivity contribution is 6.09. The van der Waals surface area contributed by atoms with Crippen LogP contribution in [0.4, 0.5) is 17.1 Å². The molecule has 4 aliphatic heterocycles. The number of nitrogens with one attached hydrogen (secondary N) is 1. The number of nitrogens with zero attached hydrogens (tertiary/aromatic N) is 4. The second-order valence-electron chi connectivity index (χ2n) is 13.8. The van der Waals surface area contributed by atoms with Gasteiger partial charge in [0.05, 0.1) is 31.5 Å². The number of aliphatic hydroxyl groups is 2. The van der Waals surface area contributed by atoms with Crippen LogP contribution in [0.5, 0.6) is 0 Å². The van der Waals surface area contributed by atoms with E-state index in [9.17, 15) is 24.6 Å². The third-order valence-electron chi connectivity index (χ3n) is 11.0. The first-order chi connectivity index (χ1) is 23.8. The van der Waals surface area contributed by atoms with Gasteiger partial charge in [0.25, 0.3) is 11.8 Å². The Labute approximate surface area is 287 Å². The first kappa shape index (κ1) is 33.0. The maximum atomic E-state index is 14.4. The Morgan fingerprint density at radius 1 is 0.980 bits per heavy atom. The minimum Gasteiger partial charge on any atom is -0.394 e. The largest absolute Gasteiger partial charge is 0.394 e. The quantitative estimate of drug-likeness (QED) is 0.298. The SMILES string of the molecule is C[C@H](/C=C/CC(=O)N1CCC[C@H]1CO)[C@@]1(O)C(=O)N(Cc2ccccc2)c2ccc(N3CN(c4ccccc4)C4(CCNCC4)C3=O)cc21. The third-order valence-corrected chi connectivity index (χ3v) is 11.0. The molecule has 0 aliphatic carbocycles. The topological polar surface area (TPSA) is 117 Å². The Kier molecular flexibility index (Phi) is 9.04. The van der Waals surface area contributed by atoms with Gasteiger partial charge in [0.15, 0.2) is 5.60 Å². The predicted octanol–water partition coefficient (Wildman–Crippen LogP) is 3.92. The van der Waals surface area contributed by atoms with E-state index in [2.05, 4.69) is 10.2 Å². The third kappa shape index (κ3) is 5.71. The highest BCUT2D eigenvalue weighted by atomic mass is 16.3. The zero-order chi connectivity index (χ0) is 34.2. The van der Waals surface area contributed by atoms with Crippen LogP contribution in [0.25, 0.3) is 0 Å². The Bertz CT molecular complexity index is 1730. The molecule has 10 nitrogen and oxygen atoms in total. The summed E-state index contributed by atoms with van der Waals surface area (Å²) >= 11 is 0. The van der Waals surface area contributed by atoms with Gasteiger partial charge in [0.1, 0.15) is 5.54 Å². The van der Waals surface area contributed by atoms with E-state index in [4.69, 9.17) is 0 Å². The molecule has 3 aromatic carbocycles. The number of anilines is 3. The zero-order valence-corrected chi connectivity index (χ0v) is 28.0. The average molecular weight is 664 g/mol. The Balaban J connectivity index is 1.23. The lowest BCUT2D eigenvalue weighted by Gasteiger charge is -2.39. The van der Waals surface area contributed by atoms with E-state index in [-0.39, 0.29) is 37.4 Å². The fraction of sp³-hybridized carbons (Fsp3) is 0.410. The lowest BCUT2D eigenvalue weighted by molar-refractivity contribution is -0.139. The van der Waals surface area contributed by atoms with Crippen molar-refractivity contribution in [1.29, 1.82) is 0 Å². The highest BCUT2D eigenvalue weighted by Gasteiger charge is 2.55. The summed E-state index contributed by atoms with van der Waals surface area (Å²) in [6, 6.07) is 25.0. The van der Waals surface area contributed by atoms with Crippen LogP contribution in [-0.4, -0.2) is 77.3 Å². The maximum absolute atomic E-state index is 14.4. The van der Waals surface area contributed by atoms with E-state index in [0.717, 1.165) is 37.2 Å². The molecule has 3 N–H and O–H groups in total. The molecule has 0 aromatic heterocycles. The molecule has 0 radical (unpaired) electrons. The van der Waals surface area contributed by atoms with Gasteiger partial charge < -0.3 is 30.2 Å². The van der Waals surface area contributed by atoms with Crippen LogP contribution in [0.1, 0.15) is 50.2 Å². The Morgan fingerprint density at radius 3 is 2.41 bits per heavy atom. The van der Waals surface area contributed by atoms with Gasteiger partial charge in [0, 0.05) is 35.8 Å². The fourth-order valence-corrected chi connectivity index (χ4v) is 8.18. The van der Waals surface area contributed by atoms with Crippen molar-refractivity contribution in [2.45, 2.75) is 62.8 Å². The van der Waals surface area contributed by atoms with E-state index < -0.39 is 23.0 Å². The lowest BCUT2D eigenvalue weighted by atomic mass is 9.82. The number of amides is 3. The molecule has 49 heavy (non-hydrogen) atoms. The number of hydrogen-bond acceptors (Lipinski definition) is 7. The van der Waals surface area contributed by atoms with Gasteiger partial charge in [-0.15, -0.1) is 0 Å².